The van der Waals surface area contributed by atoms with Gasteiger partial charge in [0.25, 0.3) is 0 Å². The first-order chi connectivity index (χ1) is 11.8. The van der Waals surface area contributed by atoms with Crippen LogP contribution < -0.4 is 0 Å². The summed E-state index contributed by atoms with van der Waals surface area (Å²) >= 11 is 0. The Labute approximate surface area is 150 Å². The van der Waals surface area contributed by atoms with Crippen LogP contribution in [0.5, 0.6) is 0 Å². The van der Waals surface area contributed by atoms with Gasteiger partial charge in [-0.2, -0.15) is 0 Å². The molecule has 0 aromatic heterocycles. The van der Waals surface area contributed by atoms with Crippen molar-refractivity contribution in [3.63, 3.8) is 0 Å². The van der Waals surface area contributed by atoms with Crippen LogP contribution in [-0.4, -0.2) is 11.6 Å². The highest BCUT2D eigenvalue weighted by molar-refractivity contribution is 6.27. The minimum Gasteiger partial charge on any atom is -0.289 e. The summed E-state index contributed by atoms with van der Waals surface area (Å²) in [6, 6.07) is 7.09. The maximum Gasteiger partial charge on any atom is 0.194 e. The van der Waals surface area contributed by atoms with Gasteiger partial charge in [0.15, 0.2) is 11.6 Å². The molecule has 25 heavy (non-hydrogen) atoms. The first kappa shape index (κ1) is 17.6. The molecule has 2 aliphatic rings. The van der Waals surface area contributed by atoms with Crippen molar-refractivity contribution in [2.75, 3.05) is 0 Å². The highest BCUT2D eigenvalue weighted by Crippen LogP contribution is 2.42. The van der Waals surface area contributed by atoms with Gasteiger partial charge in [-0.1, -0.05) is 61.4 Å². The molecule has 0 saturated carbocycles. The van der Waals surface area contributed by atoms with Crippen molar-refractivity contribution in [3.8, 4) is 0 Å². The zero-order valence-electron chi connectivity index (χ0n) is 15.6. The van der Waals surface area contributed by atoms with Crippen molar-refractivity contribution in [2.24, 2.45) is 5.41 Å². The Morgan fingerprint density at radius 2 is 1.68 bits per heavy atom. The van der Waals surface area contributed by atoms with E-state index in [1.165, 1.54) is 30.4 Å². The maximum atomic E-state index is 12.8. The van der Waals surface area contributed by atoms with Crippen LogP contribution in [0.3, 0.4) is 0 Å². The largest absolute Gasteiger partial charge is 0.289 e. The van der Waals surface area contributed by atoms with E-state index in [2.05, 4.69) is 26.8 Å². The van der Waals surface area contributed by atoms with Crippen LogP contribution in [0.25, 0.3) is 0 Å². The van der Waals surface area contributed by atoms with Crippen molar-refractivity contribution >= 4 is 11.6 Å². The molecule has 0 unspecified atom stereocenters. The Hall–Kier alpha value is -2.22. The van der Waals surface area contributed by atoms with Gasteiger partial charge in [-0.25, -0.2) is 0 Å². The van der Waals surface area contributed by atoms with Crippen molar-refractivity contribution < 1.29 is 9.59 Å². The minimum atomic E-state index is -0.0439. The third-order valence-corrected chi connectivity index (χ3v) is 5.70. The summed E-state index contributed by atoms with van der Waals surface area (Å²) in [4.78, 5) is 25.3. The Balaban J connectivity index is 1.88. The van der Waals surface area contributed by atoms with Gasteiger partial charge in [0.2, 0.25) is 0 Å². The molecule has 0 bridgehead atoms. The van der Waals surface area contributed by atoms with E-state index >= 15 is 0 Å². The van der Waals surface area contributed by atoms with Crippen molar-refractivity contribution in [1.82, 2.24) is 0 Å². The average Bonchev–Trinajstić information content (AvgIpc) is 2.58. The molecule has 2 aliphatic carbocycles. The molecule has 0 spiro atoms. The van der Waals surface area contributed by atoms with Gasteiger partial charge in [-0.15, -0.1) is 0 Å². The third kappa shape index (κ3) is 3.18. The fraction of sp³-hybridized carbons (Fsp3) is 0.391. The quantitative estimate of drug-likeness (QED) is 0.649. The molecule has 0 saturated heterocycles. The molecule has 0 N–H and O–H groups in total. The molecule has 2 heteroatoms. The van der Waals surface area contributed by atoms with Crippen LogP contribution in [0.4, 0.5) is 0 Å². The highest BCUT2D eigenvalue weighted by Gasteiger charge is 2.29. The van der Waals surface area contributed by atoms with Gasteiger partial charge in [-0.05, 0) is 44.9 Å². The number of allylic oxidation sites excluding steroid dienone is 6. The summed E-state index contributed by atoms with van der Waals surface area (Å²) in [6.07, 6.45) is 8.39. The van der Waals surface area contributed by atoms with E-state index in [0.717, 1.165) is 6.42 Å². The van der Waals surface area contributed by atoms with Gasteiger partial charge in [0, 0.05) is 22.3 Å². The van der Waals surface area contributed by atoms with E-state index < -0.39 is 0 Å². The second-order valence-electron chi connectivity index (χ2n) is 7.85. The lowest BCUT2D eigenvalue weighted by molar-refractivity contribution is 0.0978. The molecule has 130 valence electrons. The predicted molar refractivity (Wildman–Crippen MR) is 102 cm³/mol. The van der Waals surface area contributed by atoms with Crippen LogP contribution >= 0.6 is 0 Å². The summed E-state index contributed by atoms with van der Waals surface area (Å²) in [5, 5.41) is 0. The Bertz CT molecular complexity index is 831. The van der Waals surface area contributed by atoms with Gasteiger partial charge in [-0.3, -0.25) is 9.59 Å². The minimum absolute atomic E-state index is 0.0387. The zero-order valence-corrected chi connectivity index (χ0v) is 15.6. The van der Waals surface area contributed by atoms with Gasteiger partial charge < -0.3 is 0 Å². The van der Waals surface area contributed by atoms with Crippen LogP contribution in [-0.2, 0) is 0 Å². The first-order valence-electron chi connectivity index (χ1n) is 9.08. The van der Waals surface area contributed by atoms with E-state index in [1.807, 2.05) is 12.1 Å². The lowest BCUT2D eigenvalue weighted by Crippen LogP contribution is -2.20. The summed E-state index contributed by atoms with van der Waals surface area (Å²) in [7, 11) is 0. The molecule has 0 radical (unpaired) electrons. The number of ketones is 2. The van der Waals surface area contributed by atoms with Crippen LogP contribution in [0.2, 0.25) is 0 Å². The summed E-state index contributed by atoms with van der Waals surface area (Å²) in [5.41, 5.74) is 5.30. The lowest BCUT2D eigenvalue weighted by atomic mass is 9.71. The van der Waals surface area contributed by atoms with Crippen LogP contribution in [0.15, 0.2) is 58.7 Å². The highest BCUT2D eigenvalue weighted by atomic mass is 16.1. The number of rotatable bonds is 3. The smallest absolute Gasteiger partial charge is 0.194 e. The van der Waals surface area contributed by atoms with Gasteiger partial charge >= 0.3 is 0 Å². The molecule has 2 nitrogen and oxygen atoms in total. The average molecular weight is 334 g/mol. The number of hydrogen-bond donors (Lipinski definition) is 0. The summed E-state index contributed by atoms with van der Waals surface area (Å²) in [5.74, 6) is -0.0826. The molecule has 0 fully saturated rings. The Morgan fingerprint density at radius 3 is 2.32 bits per heavy atom. The molecule has 0 amide bonds. The second kappa shape index (κ2) is 6.59. The van der Waals surface area contributed by atoms with Crippen LogP contribution in [0.1, 0.15) is 74.1 Å². The van der Waals surface area contributed by atoms with E-state index in [1.54, 1.807) is 25.1 Å². The van der Waals surface area contributed by atoms with Crippen molar-refractivity contribution in [2.45, 2.75) is 53.4 Å². The van der Waals surface area contributed by atoms with E-state index in [4.69, 9.17) is 0 Å². The number of hydrogen-bond acceptors (Lipinski definition) is 2. The molecule has 1 aromatic carbocycles. The molecular formula is C23H26O2. The fourth-order valence-electron chi connectivity index (χ4n) is 4.14. The van der Waals surface area contributed by atoms with E-state index in [9.17, 15) is 9.59 Å². The van der Waals surface area contributed by atoms with Crippen LogP contribution in [0, 0.1) is 5.41 Å². The number of carbonyl (C=O) groups excluding carboxylic acids is 2. The standard InChI is InChI=1S/C23H26O2/c1-15-9-8-14-23(3,4)20(15)13-7-12-17-16(2)21(24)18-10-5-6-11-19(18)22(17)25/h5-7,10-12H,8-9,13-14H2,1-4H3/b12-7-. The predicted octanol–water partition coefficient (Wildman–Crippen LogP) is 5.86. The fourth-order valence-corrected chi connectivity index (χ4v) is 4.14. The number of Topliss-reactive ketones (excluding diaryl/α,β-unsaturated/α-hetero) is 2. The molecule has 0 aliphatic heterocycles. The first-order valence-corrected chi connectivity index (χ1v) is 9.08. The van der Waals surface area contributed by atoms with Gasteiger partial charge in [0.1, 0.15) is 0 Å². The molecular weight excluding hydrogens is 308 g/mol. The summed E-state index contributed by atoms with van der Waals surface area (Å²) < 4.78 is 0. The number of carbonyl (C=O) groups is 2. The van der Waals surface area contributed by atoms with Gasteiger partial charge in [0.05, 0.1) is 0 Å². The lowest BCUT2D eigenvalue weighted by Gasteiger charge is -2.34. The van der Waals surface area contributed by atoms with Crippen molar-refractivity contribution in [1.29, 1.82) is 0 Å². The number of benzene rings is 1. The van der Waals surface area contributed by atoms with E-state index in [-0.39, 0.29) is 17.0 Å². The summed E-state index contributed by atoms with van der Waals surface area (Å²) in [6.45, 7) is 8.58. The van der Waals surface area contributed by atoms with E-state index in [0.29, 0.717) is 22.3 Å². The maximum absolute atomic E-state index is 12.8. The molecule has 0 atom stereocenters. The topological polar surface area (TPSA) is 34.1 Å². The van der Waals surface area contributed by atoms with Crippen molar-refractivity contribution in [3.05, 3.63) is 69.8 Å². The third-order valence-electron chi connectivity index (χ3n) is 5.70. The SMILES string of the molecule is CC1=C(C/C=C\C2=C(C)C(=O)c3ccccc3C2=O)C(C)(C)CCC1. The normalized spacial score (nSPS) is 20.5. The zero-order chi connectivity index (χ0) is 18.2. The molecule has 3 rings (SSSR count). The Morgan fingerprint density at radius 1 is 1.04 bits per heavy atom. The molecule has 1 aromatic rings. The Kier molecular flexibility index (Phi) is 4.64. The molecule has 0 heterocycles. The number of fused-ring (bicyclic) bond motifs is 1. The monoisotopic (exact) mass is 334 g/mol. The second-order valence-corrected chi connectivity index (χ2v) is 7.85.